The molecule has 0 aliphatic carbocycles. The highest BCUT2D eigenvalue weighted by molar-refractivity contribution is 5.74. The van der Waals surface area contributed by atoms with Crippen LogP contribution in [0.25, 0.3) is 0 Å². The van der Waals surface area contributed by atoms with E-state index in [0.29, 0.717) is 11.8 Å². The molecule has 2 N–H and O–H groups in total. The smallest absolute Gasteiger partial charge is 0.317 e. The molecule has 2 aliphatic heterocycles. The van der Waals surface area contributed by atoms with E-state index in [0.717, 1.165) is 44.9 Å². The zero-order chi connectivity index (χ0) is 16.9. The summed E-state index contributed by atoms with van der Waals surface area (Å²) in [5, 5.41) is 10.2. The predicted molar refractivity (Wildman–Crippen MR) is 94.9 cm³/mol. The molecule has 134 valence electrons. The van der Waals surface area contributed by atoms with E-state index in [1.807, 2.05) is 11.0 Å². The van der Waals surface area contributed by atoms with Crippen LogP contribution in [-0.4, -0.2) is 65.3 Å². The van der Waals surface area contributed by atoms with Gasteiger partial charge in [-0.05, 0) is 43.7 Å². The van der Waals surface area contributed by atoms with Gasteiger partial charge in [-0.15, -0.1) is 0 Å². The van der Waals surface area contributed by atoms with Crippen LogP contribution in [0.2, 0.25) is 0 Å². The quantitative estimate of drug-likeness (QED) is 0.869. The van der Waals surface area contributed by atoms with E-state index in [1.54, 1.807) is 6.20 Å². The number of rotatable bonds is 5. The van der Waals surface area contributed by atoms with Crippen molar-refractivity contribution in [1.82, 2.24) is 25.3 Å². The summed E-state index contributed by atoms with van der Waals surface area (Å²) in [7, 11) is 0. The number of aromatic amines is 1. The van der Waals surface area contributed by atoms with E-state index < -0.39 is 0 Å². The number of carbonyl (C=O) groups is 1. The molecule has 0 saturated carbocycles. The Balaban J connectivity index is 1.36. The molecule has 3 heterocycles. The normalized spacial score (nSPS) is 23.1. The molecule has 2 saturated heterocycles. The molecule has 1 unspecified atom stereocenters. The lowest BCUT2D eigenvalue weighted by Gasteiger charge is -2.31. The van der Waals surface area contributed by atoms with Crippen LogP contribution in [-0.2, 0) is 0 Å². The van der Waals surface area contributed by atoms with Gasteiger partial charge in [0.15, 0.2) is 0 Å². The number of nitrogens with one attached hydrogen (secondary N) is 2. The molecule has 24 heavy (non-hydrogen) atoms. The molecule has 3 rings (SSSR count). The van der Waals surface area contributed by atoms with Gasteiger partial charge >= 0.3 is 6.03 Å². The van der Waals surface area contributed by atoms with Crippen molar-refractivity contribution in [2.24, 2.45) is 11.8 Å². The topological polar surface area (TPSA) is 64.3 Å². The maximum atomic E-state index is 12.4. The van der Waals surface area contributed by atoms with Crippen LogP contribution in [0.5, 0.6) is 0 Å². The summed E-state index contributed by atoms with van der Waals surface area (Å²) < 4.78 is 0. The van der Waals surface area contributed by atoms with Crippen molar-refractivity contribution in [3.8, 4) is 0 Å². The maximum absolute atomic E-state index is 12.4. The first-order valence-electron chi connectivity index (χ1n) is 9.36. The summed E-state index contributed by atoms with van der Waals surface area (Å²) >= 11 is 0. The number of hydrogen-bond acceptors (Lipinski definition) is 3. The van der Waals surface area contributed by atoms with Gasteiger partial charge in [0.25, 0.3) is 0 Å². The molecule has 2 fully saturated rings. The first-order chi connectivity index (χ1) is 11.6. The predicted octanol–water partition coefficient (Wildman–Crippen LogP) is 2.28. The van der Waals surface area contributed by atoms with Crippen molar-refractivity contribution in [2.45, 2.75) is 39.0 Å². The van der Waals surface area contributed by atoms with Crippen LogP contribution in [0.4, 0.5) is 4.79 Å². The van der Waals surface area contributed by atoms with Crippen molar-refractivity contribution < 1.29 is 4.79 Å². The van der Waals surface area contributed by atoms with E-state index in [4.69, 9.17) is 0 Å². The summed E-state index contributed by atoms with van der Waals surface area (Å²) in [4.78, 5) is 16.9. The Hall–Kier alpha value is -1.56. The van der Waals surface area contributed by atoms with Gasteiger partial charge in [0.2, 0.25) is 0 Å². The van der Waals surface area contributed by atoms with E-state index in [-0.39, 0.29) is 6.03 Å². The second-order valence-corrected chi connectivity index (χ2v) is 7.77. The second-order valence-electron chi connectivity index (χ2n) is 7.77. The Morgan fingerprint density at radius 2 is 2.12 bits per heavy atom. The Bertz CT molecular complexity index is 507. The van der Waals surface area contributed by atoms with Gasteiger partial charge in [-0.25, -0.2) is 4.79 Å². The Labute approximate surface area is 145 Å². The van der Waals surface area contributed by atoms with Crippen LogP contribution in [0.15, 0.2) is 12.3 Å². The zero-order valence-electron chi connectivity index (χ0n) is 15.0. The highest BCUT2D eigenvalue weighted by atomic mass is 16.2. The number of H-pyrrole nitrogens is 1. The molecule has 6 nitrogen and oxygen atoms in total. The molecule has 0 spiro atoms. The molecular weight excluding hydrogens is 302 g/mol. The lowest BCUT2D eigenvalue weighted by molar-refractivity contribution is 0.179. The molecule has 0 bridgehead atoms. The molecule has 2 aliphatic rings. The number of aromatic nitrogens is 2. The lowest BCUT2D eigenvalue weighted by atomic mass is 9.94. The third-order valence-corrected chi connectivity index (χ3v) is 5.28. The van der Waals surface area contributed by atoms with Crippen LogP contribution >= 0.6 is 0 Å². The molecule has 2 amide bonds. The summed E-state index contributed by atoms with van der Waals surface area (Å²) in [6.07, 6.45) is 5.04. The highest BCUT2D eigenvalue weighted by Gasteiger charge is 2.26. The van der Waals surface area contributed by atoms with Gasteiger partial charge in [-0.2, -0.15) is 5.10 Å². The van der Waals surface area contributed by atoms with Gasteiger partial charge in [-0.1, -0.05) is 13.8 Å². The first-order valence-corrected chi connectivity index (χ1v) is 9.36. The zero-order valence-corrected chi connectivity index (χ0v) is 15.0. The summed E-state index contributed by atoms with van der Waals surface area (Å²) in [5.74, 6) is 1.83. The minimum atomic E-state index is 0.111. The van der Waals surface area contributed by atoms with Crippen molar-refractivity contribution in [1.29, 1.82) is 0 Å². The van der Waals surface area contributed by atoms with Crippen molar-refractivity contribution in [3.63, 3.8) is 0 Å². The average molecular weight is 333 g/mol. The minimum Gasteiger partial charge on any atom is -0.338 e. The number of likely N-dealkylation sites (tertiary alicyclic amines) is 2. The number of urea groups is 1. The van der Waals surface area contributed by atoms with Gasteiger partial charge in [0.05, 0.1) is 0 Å². The van der Waals surface area contributed by atoms with Crippen LogP contribution in [0.1, 0.15) is 44.7 Å². The van der Waals surface area contributed by atoms with Crippen molar-refractivity contribution >= 4 is 6.03 Å². The lowest BCUT2D eigenvalue weighted by Crippen LogP contribution is -2.45. The van der Waals surface area contributed by atoms with Gasteiger partial charge < -0.3 is 15.1 Å². The van der Waals surface area contributed by atoms with Crippen LogP contribution < -0.4 is 5.32 Å². The summed E-state index contributed by atoms with van der Waals surface area (Å²) in [6.45, 7) is 10.5. The van der Waals surface area contributed by atoms with E-state index in [9.17, 15) is 4.79 Å². The molecule has 1 atom stereocenters. The fourth-order valence-electron chi connectivity index (χ4n) is 3.99. The SMILES string of the molecule is CC(C)CN1CCC(CNC(=O)N2CCC(c3ccn[nH]3)CC2)C1. The van der Waals surface area contributed by atoms with Crippen molar-refractivity contribution in [3.05, 3.63) is 18.0 Å². The largest absolute Gasteiger partial charge is 0.338 e. The molecule has 0 aromatic carbocycles. The minimum absolute atomic E-state index is 0.111. The number of nitrogens with zero attached hydrogens (tertiary/aromatic N) is 3. The van der Waals surface area contributed by atoms with E-state index >= 15 is 0 Å². The molecule has 1 aromatic rings. The second kappa shape index (κ2) is 8.01. The van der Waals surface area contributed by atoms with E-state index in [1.165, 1.54) is 25.2 Å². The number of hydrogen-bond donors (Lipinski definition) is 2. The molecule has 1 aromatic heterocycles. The Morgan fingerprint density at radius 3 is 2.79 bits per heavy atom. The average Bonchev–Trinajstić information content (AvgIpc) is 3.24. The number of piperidine rings is 1. The van der Waals surface area contributed by atoms with E-state index in [2.05, 4.69) is 34.3 Å². The summed E-state index contributed by atoms with van der Waals surface area (Å²) in [6, 6.07) is 2.16. The molecule has 6 heteroatoms. The fraction of sp³-hybridized carbons (Fsp3) is 0.778. The van der Waals surface area contributed by atoms with Gasteiger partial charge in [0.1, 0.15) is 0 Å². The van der Waals surface area contributed by atoms with Crippen molar-refractivity contribution in [2.75, 3.05) is 39.3 Å². The third kappa shape index (κ3) is 4.50. The first kappa shape index (κ1) is 17.3. The Morgan fingerprint density at radius 1 is 1.33 bits per heavy atom. The maximum Gasteiger partial charge on any atom is 0.317 e. The molecular formula is C18H31N5O. The number of carbonyl (C=O) groups excluding carboxylic acids is 1. The van der Waals surface area contributed by atoms with Crippen LogP contribution in [0, 0.1) is 11.8 Å². The standard InChI is InChI=1S/C18H31N5O/c1-14(2)12-22-8-4-15(13-22)11-19-18(24)23-9-5-16(6-10-23)17-3-7-20-21-17/h3,7,14-16H,4-6,8-13H2,1-2H3,(H,19,24)(H,20,21). The third-order valence-electron chi connectivity index (χ3n) is 5.28. The highest BCUT2D eigenvalue weighted by Crippen LogP contribution is 2.26. The monoisotopic (exact) mass is 333 g/mol. The Kier molecular flexibility index (Phi) is 5.76. The van der Waals surface area contributed by atoms with Gasteiger partial charge in [-0.3, -0.25) is 5.10 Å². The fourth-order valence-corrected chi connectivity index (χ4v) is 3.99. The molecule has 0 radical (unpaired) electrons. The summed E-state index contributed by atoms with van der Waals surface area (Å²) in [5.41, 5.74) is 1.20. The van der Waals surface area contributed by atoms with Crippen LogP contribution in [0.3, 0.4) is 0 Å². The van der Waals surface area contributed by atoms with Gasteiger partial charge in [0, 0.05) is 50.5 Å². The number of amides is 2.